The molecule has 1 saturated carbocycles. The van der Waals surface area contributed by atoms with E-state index < -0.39 is 83.5 Å². The number of phosphoric acid groups is 2. The van der Waals surface area contributed by atoms with Gasteiger partial charge in [-0.25, -0.2) is 24.1 Å². The summed E-state index contributed by atoms with van der Waals surface area (Å²) in [6, 6.07) is -0.739. The lowest BCUT2D eigenvalue weighted by Gasteiger charge is -2.29. The number of primary amides is 1. The number of aromatic nitrogens is 4. The lowest BCUT2D eigenvalue weighted by molar-refractivity contribution is -0.114. The third-order valence-corrected chi connectivity index (χ3v) is 10.3. The van der Waals surface area contributed by atoms with Gasteiger partial charge in [-0.2, -0.15) is 4.31 Å². The van der Waals surface area contributed by atoms with E-state index in [2.05, 4.69) is 19.3 Å². The van der Waals surface area contributed by atoms with Gasteiger partial charge in [0.05, 0.1) is 25.4 Å². The summed E-state index contributed by atoms with van der Waals surface area (Å²) in [4.78, 5) is 45.4. The summed E-state index contributed by atoms with van der Waals surface area (Å²) in [7, 11) is -10.6. The molecule has 1 amide bonds. The number of phosphoric ester groups is 2. The molecule has 0 radical (unpaired) electrons. The quantitative estimate of drug-likeness (QED) is 0.123. The van der Waals surface area contributed by atoms with Crippen LogP contribution in [0.15, 0.2) is 30.4 Å². The standard InChI is InChI=1S/C23H33N7O13P2/c1-10-28-15-20(24)26-9-27-22(15)30(10)23-19(34)18(33)14(42-23)8-41-45(38,39)43-44(36,37)40-7-12-5-13(17(32)16(12)31)29-4-2-3-11(6-29)21(25)35/h2,4,6,9,12-14,16-19,23,31-34H,3,5,7-8H2,1H3,(H2,25,35)(H,36,37)(H,38,39)(H2,24,26,27). The van der Waals surface area contributed by atoms with E-state index in [9.17, 15) is 44.1 Å². The number of aliphatic hydroxyl groups excluding tert-OH is 4. The molecule has 45 heavy (non-hydrogen) atoms. The predicted octanol–water partition coefficient (Wildman–Crippen LogP) is -1.71. The van der Waals surface area contributed by atoms with Crippen LogP contribution >= 0.6 is 15.6 Å². The number of anilines is 1. The predicted molar refractivity (Wildman–Crippen MR) is 150 cm³/mol. The molecule has 2 aromatic rings. The SMILES string of the molecule is Cc1nc2c(N)ncnc2n1C1OC(COP(=O)(O)OP(=O)(O)OCC2CC(N3C=CCC(C(N)=O)=C3)C(O)C2O)C(O)C1O. The second-order valence-electron chi connectivity index (χ2n) is 10.7. The lowest BCUT2D eigenvalue weighted by atomic mass is 10.1. The van der Waals surface area contributed by atoms with Gasteiger partial charge in [-0.1, -0.05) is 6.08 Å². The van der Waals surface area contributed by atoms with Crippen molar-refractivity contribution < 1.29 is 62.2 Å². The number of aliphatic hydroxyl groups is 4. The highest BCUT2D eigenvalue weighted by atomic mass is 31.3. The number of nitrogens with zero attached hydrogens (tertiary/aromatic N) is 5. The molecule has 248 valence electrons. The van der Waals surface area contributed by atoms with Crippen LogP contribution in [0.2, 0.25) is 0 Å². The minimum atomic E-state index is -5.33. The van der Waals surface area contributed by atoms with Gasteiger partial charge < -0.3 is 51.3 Å². The van der Waals surface area contributed by atoms with E-state index in [0.717, 1.165) is 0 Å². The molecule has 20 nitrogen and oxygen atoms in total. The Hall–Kier alpha value is -2.84. The minimum Gasteiger partial charge on any atom is -0.390 e. The Bertz CT molecular complexity index is 1600. The molecule has 2 aromatic heterocycles. The molecule has 1 aliphatic carbocycles. The van der Waals surface area contributed by atoms with Crippen LogP contribution in [0.5, 0.6) is 0 Å². The molecule has 4 heterocycles. The van der Waals surface area contributed by atoms with Crippen molar-refractivity contribution in [3.05, 3.63) is 36.2 Å². The molecule has 0 spiro atoms. The van der Waals surface area contributed by atoms with Crippen LogP contribution in [0.1, 0.15) is 24.9 Å². The van der Waals surface area contributed by atoms with Crippen LogP contribution in [0.4, 0.5) is 5.82 Å². The van der Waals surface area contributed by atoms with Crippen molar-refractivity contribution in [2.75, 3.05) is 18.9 Å². The highest BCUT2D eigenvalue weighted by molar-refractivity contribution is 7.61. The maximum absolute atomic E-state index is 12.5. The lowest BCUT2D eigenvalue weighted by Crippen LogP contribution is -2.39. The van der Waals surface area contributed by atoms with Crippen molar-refractivity contribution >= 4 is 38.5 Å². The summed E-state index contributed by atoms with van der Waals surface area (Å²) >= 11 is 0. The number of fused-ring (bicyclic) bond motifs is 1. The fraction of sp³-hybridized carbons (Fsp3) is 0.565. The zero-order valence-electron chi connectivity index (χ0n) is 23.6. The number of carbonyl (C=O) groups excluding carboxylic acids is 1. The number of hydrogen-bond acceptors (Lipinski definition) is 16. The molecule has 22 heteroatoms. The second-order valence-corrected chi connectivity index (χ2v) is 13.8. The molecule has 10 atom stereocenters. The van der Waals surface area contributed by atoms with Gasteiger partial charge in [-0.05, 0) is 19.8 Å². The smallest absolute Gasteiger partial charge is 0.390 e. The Morgan fingerprint density at radius 2 is 1.76 bits per heavy atom. The first kappa shape index (κ1) is 33.5. The number of aryl methyl sites for hydroxylation is 1. The molecule has 0 aromatic carbocycles. The van der Waals surface area contributed by atoms with Gasteiger partial charge in [0.1, 0.15) is 36.6 Å². The third kappa shape index (κ3) is 6.97. The maximum Gasteiger partial charge on any atom is 0.481 e. The van der Waals surface area contributed by atoms with Gasteiger partial charge >= 0.3 is 15.6 Å². The van der Waals surface area contributed by atoms with E-state index in [-0.39, 0.29) is 35.4 Å². The van der Waals surface area contributed by atoms with Crippen molar-refractivity contribution in [1.82, 2.24) is 24.4 Å². The van der Waals surface area contributed by atoms with E-state index in [4.69, 9.17) is 25.3 Å². The van der Waals surface area contributed by atoms with Gasteiger partial charge in [0.2, 0.25) is 5.91 Å². The van der Waals surface area contributed by atoms with Crippen LogP contribution in [0, 0.1) is 12.8 Å². The first-order chi connectivity index (χ1) is 21.1. The number of imidazole rings is 1. The van der Waals surface area contributed by atoms with E-state index in [1.54, 1.807) is 19.2 Å². The Morgan fingerprint density at radius 3 is 2.44 bits per heavy atom. The summed E-state index contributed by atoms with van der Waals surface area (Å²) in [6.07, 6.45) is -2.52. The van der Waals surface area contributed by atoms with Crippen molar-refractivity contribution in [2.24, 2.45) is 11.7 Å². The number of ether oxygens (including phenoxy) is 1. The number of amides is 1. The monoisotopic (exact) mass is 677 g/mol. The number of nitrogens with two attached hydrogens (primary N) is 2. The summed E-state index contributed by atoms with van der Waals surface area (Å²) in [5.41, 5.74) is 11.8. The normalized spacial score (nSPS) is 32.9. The highest BCUT2D eigenvalue weighted by Gasteiger charge is 2.48. The van der Waals surface area contributed by atoms with Crippen molar-refractivity contribution in [1.29, 1.82) is 0 Å². The highest BCUT2D eigenvalue weighted by Crippen LogP contribution is 2.61. The van der Waals surface area contributed by atoms with Gasteiger partial charge in [-0.3, -0.25) is 18.4 Å². The summed E-state index contributed by atoms with van der Waals surface area (Å²) < 4.78 is 46.0. The molecule has 2 aliphatic heterocycles. The fourth-order valence-corrected chi connectivity index (χ4v) is 7.60. The molecular formula is C23H33N7O13P2. The maximum atomic E-state index is 12.5. The van der Waals surface area contributed by atoms with Crippen molar-refractivity contribution in [3.8, 4) is 0 Å². The van der Waals surface area contributed by atoms with Crippen LogP contribution in [0.3, 0.4) is 0 Å². The van der Waals surface area contributed by atoms with Crippen LogP contribution < -0.4 is 11.5 Å². The Kier molecular flexibility index (Phi) is 9.50. The van der Waals surface area contributed by atoms with Crippen molar-refractivity contribution in [2.45, 2.75) is 62.6 Å². The summed E-state index contributed by atoms with van der Waals surface area (Å²) in [6.45, 7) is 0.0245. The van der Waals surface area contributed by atoms with Gasteiger partial charge in [0.25, 0.3) is 0 Å². The van der Waals surface area contributed by atoms with Gasteiger partial charge in [-0.15, -0.1) is 0 Å². The Balaban J connectivity index is 1.16. The number of nitrogen functional groups attached to an aromatic ring is 1. The van der Waals surface area contributed by atoms with Gasteiger partial charge in [0, 0.05) is 23.9 Å². The zero-order valence-corrected chi connectivity index (χ0v) is 25.4. The first-order valence-corrected chi connectivity index (χ1v) is 16.5. The van der Waals surface area contributed by atoms with E-state index in [0.29, 0.717) is 5.82 Å². The van der Waals surface area contributed by atoms with Gasteiger partial charge in [0.15, 0.2) is 23.2 Å². The molecule has 2 fully saturated rings. The number of carbonyl (C=O) groups is 1. The first-order valence-electron chi connectivity index (χ1n) is 13.5. The number of rotatable bonds is 11. The van der Waals surface area contributed by atoms with E-state index >= 15 is 0 Å². The van der Waals surface area contributed by atoms with E-state index in [1.165, 1.54) is 22.0 Å². The molecule has 10 N–H and O–H groups in total. The Labute approximate surface area is 254 Å². The average Bonchev–Trinajstić information content (AvgIpc) is 3.56. The number of hydrogen-bond donors (Lipinski definition) is 8. The minimum absolute atomic E-state index is 0.0349. The average molecular weight is 678 g/mol. The number of allylic oxidation sites excluding steroid dienone is 1. The van der Waals surface area contributed by atoms with Crippen LogP contribution in [-0.2, 0) is 32.0 Å². The Morgan fingerprint density at radius 1 is 1.07 bits per heavy atom. The summed E-state index contributed by atoms with van der Waals surface area (Å²) in [5.74, 6) is -1.20. The zero-order chi connectivity index (χ0) is 32.8. The second kappa shape index (κ2) is 12.7. The van der Waals surface area contributed by atoms with E-state index in [1.807, 2.05) is 0 Å². The molecule has 10 unspecified atom stereocenters. The third-order valence-electron chi connectivity index (χ3n) is 7.72. The summed E-state index contributed by atoms with van der Waals surface area (Å²) in [5, 5.41) is 42.2. The van der Waals surface area contributed by atoms with Crippen LogP contribution in [-0.4, -0.2) is 110 Å². The topological polar surface area (TPSA) is 308 Å². The molecule has 1 saturated heterocycles. The molecule has 0 bridgehead atoms. The molecule has 3 aliphatic rings. The fourth-order valence-electron chi connectivity index (χ4n) is 5.46. The molecular weight excluding hydrogens is 644 g/mol. The van der Waals surface area contributed by atoms with Crippen molar-refractivity contribution in [3.63, 3.8) is 0 Å². The van der Waals surface area contributed by atoms with Crippen LogP contribution in [0.25, 0.3) is 11.2 Å². The molecule has 5 rings (SSSR count). The largest absolute Gasteiger partial charge is 0.481 e.